The van der Waals surface area contributed by atoms with Crippen LogP contribution in [0.15, 0.2) is 36.5 Å². The minimum absolute atomic E-state index is 0. The van der Waals surface area contributed by atoms with Gasteiger partial charge in [-0.2, -0.15) is 0 Å². The second-order valence-electron chi connectivity index (χ2n) is 6.01. The van der Waals surface area contributed by atoms with Gasteiger partial charge >= 0.3 is 0 Å². The van der Waals surface area contributed by atoms with Gasteiger partial charge in [0, 0.05) is 43.6 Å². The maximum atomic E-state index is 6.23. The molecule has 0 aliphatic carbocycles. The van der Waals surface area contributed by atoms with E-state index < -0.39 is 0 Å². The molecule has 1 aromatic carbocycles. The molecule has 25 heavy (non-hydrogen) atoms. The fourth-order valence-corrected chi connectivity index (χ4v) is 3.48. The van der Waals surface area contributed by atoms with Gasteiger partial charge in [-0.15, -0.1) is 12.4 Å². The molecule has 0 radical (unpaired) electrons. The number of hydrogen-bond donors (Lipinski definition) is 2. The maximum Gasteiger partial charge on any atom is 0.207 e. The summed E-state index contributed by atoms with van der Waals surface area (Å²) >= 11 is 0. The number of fused-ring (bicyclic) bond motifs is 1. The summed E-state index contributed by atoms with van der Waals surface area (Å²) in [5.74, 6) is 1.28. The molecule has 0 unspecified atom stereocenters. The van der Waals surface area contributed by atoms with Crippen molar-refractivity contribution >= 4 is 35.1 Å². The first kappa shape index (κ1) is 17.5. The van der Waals surface area contributed by atoms with Crippen LogP contribution >= 0.6 is 12.4 Å². The van der Waals surface area contributed by atoms with E-state index in [0.717, 1.165) is 49.5 Å². The van der Waals surface area contributed by atoms with Crippen LogP contribution in [0.2, 0.25) is 0 Å². The molecule has 3 heterocycles. The monoisotopic (exact) mass is 358 g/mol. The Morgan fingerprint density at radius 3 is 2.64 bits per heavy atom. The lowest BCUT2D eigenvalue weighted by molar-refractivity contribution is 0.588. The van der Waals surface area contributed by atoms with Gasteiger partial charge in [0.05, 0.1) is 11.0 Å². The van der Waals surface area contributed by atoms with Crippen LogP contribution in [0.4, 0.5) is 11.6 Å². The summed E-state index contributed by atoms with van der Waals surface area (Å²) in [7, 11) is 0. The van der Waals surface area contributed by atoms with Crippen LogP contribution < -0.4 is 16.0 Å². The molecule has 1 aliphatic rings. The van der Waals surface area contributed by atoms with Crippen molar-refractivity contribution < 1.29 is 0 Å². The average Bonchev–Trinajstić information content (AvgIpc) is 2.98. The minimum Gasteiger partial charge on any atom is -0.369 e. The minimum atomic E-state index is 0. The average molecular weight is 359 g/mol. The topological polar surface area (TPSA) is 72.0 Å². The molecule has 6 nitrogen and oxygen atoms in total. The number of benzene rings is 1. The van der Waals surface area contributed by atoms with Crippen LogP contribution in [0.3, 0.4) is 0 Å². The van der Waals surface area contributed by atoms with Crippen LogP contribution in [-0.2, 0) is 6.42 Å². The highest BCUT2D eigenvalue weighted by atomic mass is 35.5. The van der Waals surface area contributed by atoms with Gasteiger partial charge < -0.3 is 16.0 Å². The van der Waals surface area contributed by atoms with Gasteiger partial charge in [-0.1, -0.05) is 13.0 Å². The molecule has 0 amide bonds. The highest BCUT2D eigenvalue weighted by Crippen LogP contribution is 2.32. The van der Waals surface area contributed by atoms with Crippen molar-refractivity contribution in [1.82, 2.24) is 19.9 Å². The van der Waals surface area contributed by atoms with Crippen molar-refractivity contribution in [3.05, 3.63) is 42.1 Å². The van der Waals surface area contributed by atoms with Crippen molar-refractivity contribution in [3.8, 4) is 5.82 Å². The number of pyridine rings is 1. The molecule has 1 saturated heterocycles. The van der Waals surface area contributed by atoms with Crippen molar-refractivity contribution in [1.29, 1.82) is 0 Å². The lowest BCUT2D eigenvalue weighted by Gasteiger charge is -2.31. The third kappa shape index (κ3) is 3.03. The molecule has 1 aliphatic heterocycles. The van der Waals surface area contributed by atoms with Gasteiger partial charge in [0.2, 0.25) is 5.95 Å². The second kappa shape index (κ2) is 7.29. The Morgan fingerprint density at radius 2 is 1.96 bits per heavy atom. The van der Waals surface area contributed by atoms with E-state index in [1.165, 1.54) is 11.3 Å². The predicted molar refractivity (Wildman–Crippen MR) is 105 cm³/mol. The van der Waals surface area contributed by atoms with E-state index in [1.807, 2.05) is 22.8 Å². The molecule has 132 valence electrons. The molecule has 7 heteroatoms. The highest BCUT2D eigenvalue weighted by molar-refractivity contribution is 5.88. The molecule has 0 saturated carbocycles. The van der Waals surface area contributed by atoms with Gasteiger partial charge in [0.1, 0.15) is 5.82 Å². The number of nitrogens with one attached hydrogen (secondary N) is 1. The Morgan fingerprint density at radius 1 is 1.16 bits per heavy atom. The number of anilines is 2. The van der Waals surface area contributed by atoms with Crippen molar-refractivity contribution in [2.45, 2.75) is 13.3 Å². The standard InChI is InChI=1S/C18H22N6.ClH/c1-2-13-14(23-11-9-20-10-12-23)6-7-15-17(13)22-18(19)24(15)16-5-3-4-8-21-16;/h3-8,20H,2,9-12H2,1H3,(H2,19,22);1H. The number of rotatable bonds is 3. The Hall–Kier alpha value is -2.31. The Bertz CT molecular complexity index is 855. The highest BCUT2D eigenvalue weighted by Gasteiger charge is 2.19. The van der Waals surface area contributed by atoms with Gasteiger partial charge in [-0.25, -0.2) is 9.97 Å². The molecule has 3 aromatic rings. The summed E-state index contributed by atoms with van der Waals surface area (Å²) in [6, 6.07) is 10.1. The van der Waals surface area contributed by atoms with Gasteiger partial charge in [-0.3, -0.25) is 4.57 Å². The summed E-state index contributed by atoms with van der Waals surface area (Å²) in [6.45, 7) is 6.26. The first-order valence-electron chi connectivity index (χ1n) is 8.46. The third-order valence-corrected chi connectivity index (χ3v) is 4.62. The first-order chi connectivity index (χ1) is 11.8. The first-order valence-corrected chi connectivity index (χ1v) is 8.46. The van der Waals surface area contributed by atoms with Crippen LogP contribution in [-0.4, -0.2) is 40.7 Å². The van der Waals surface area contributed by atoms with Crippen molar-refractivity contribution in [2.24, 2.45) is 0 Å². The van der Waals surface area contributed by atoms with Gasteiger partial charge in [0.25, 0.3) is 0 Å². The number of nitrogen functional groups attached to an aromatic ring is 1. The fourth-order valence-electron chi connectivity index (χ4n) is 3.48. The number of piperazine rings is 1. The summed E-state index contributed by atoms with van der Waals surface area (Å²) in [5.41, 5.74) is 10.8. The van der Waals surface area contributed by atoms with Crippen LogP contribution in [0.1, 0.15) is 12.5 Å². The lowest BCUT2D eigenvalue weighted by Crippen LogP contribution is -2.43. The number of hydrogen-bond acceptors (Lipinski definition) is 5. The predicted octanol–water partition coefficient (Wildman–Crippen LogP) is 2.40. The summed E-state index contributed by atoms with van der Waals surface area (Å²) in [4.78, 5) is 11.5. The maximum absolute atomic E-state index is 6.23. The third-order valence-electron chi connectivity index (χ3n) is 4.62. The summed E-state index contributed by atoms with van der Waals surface area (Å²) < 4.78 is 1.93. The van der Waals surface area contributed by atoms with E-state index in [1.54, 1.807) is 6.20 Å². The quantitative estimate of drug-likeness (QED) is 0.752. The van der Waals surface area contributed by atoms with Crippen LogP contribution in [0.5, 0.6) is 0 Å². The Kier molecular flexibility index (Phi) is 5.11. The summed E-state index contributed by atoms with van der Waals surface area (Å²) in [6.07, 6.45) is 2.70. The van der Waals surface area contributed by atoms with Crippen molar-refractivity contribution in [3.63, 3.8) is 0 Å². The van der Waals surface area contributed by atoms with E-state index in [9.17, 15) is 0 Å². The Balaban J connectivity index is 0.00000182. The van der Waals surface area contributed by atoms with Crippen LogP contribution in [0.25, 0.3) is 16.9 Å². The number of halogens is 1. The lowest BCUT2D eigenvalue weighted by atomic mass is 10.1. The molecule has 0 atom stereocenters. The molecule has 0 bridgehead atoms. The zero-order valence-electron chi connectivity index (χ0n) is 14.3. The number of nitrogens with zero attached hydrogens (tertiary/aromatic N) is 4. The van der Waals surface area contributed by atoms with Crippen molar-refractivity contribution in [2.75, 3.05) is 36.8 Å². The SMILES string of the molecule is CCc1c(N2CCNCC2)ccc2c1nc(N)n2-c1ccccn1.Cl. The van der Waals surface area contributed by atoms with E-state index in [0.29, 0.717) is 5.95 Å². The molecule has 1 fully saturated rings. The number of nitrogens with two attached hydrogens (primary N) is 1. The van der Waals surface area contributed by atoms with Crippen LogP contribution in [0, 0.1) is 0 Å². The molecule has 4 rings (SSSR count). The largest absolute Gasteiger partial charge is 0.369 e. The second-order valence-corrected chi connectivity index (χ2v) is 6.01. The van der Waals surface area contributed by atoms with Gasteiger partial charge in [-0.05, 0) is 30.7 Å². The van der Waals surface area contributed by atoms with Gasteiger partial charge in [0.15, 0.2) is 0 Å². The fraction of sp³-hybridized carbons (Fsp3) is 0.333. The number of aromatic nitrogens is 3. The molecule has 2 aromatic heterocycles. The molecular formula is C18H23ClN6. The van der Waals surface area contributed by atoms with E-state index in [-0.39, 0.29) is 12.4 Å². The molecule has 3 N–H and O–H groups in total. The Labute approximate surface area is 153 Å². The molecule has 0 spiro atoms. The smallest absolute Gasteiger partial charge is 0.207 e. The number of imidazole rings is 1. The molecular weight excluding hydrogens is 336 g/mol. The van der Waals surface area contributed by atoms with E-state index in [4.69, 9.17) is 5.73 Å². The van der Waals surface area contributed by atoms with E-state index in [2.05, 4.69) is 39.2 Å². The van der Waals surface area contributed by atoms with E-state index >= 15 is 0 Å². The summed E-state index contributed by atoms with van der Waals surface area (Å²) in [5, 5.41) is 3.40. The zero-order chi connectivity index (χ0) is 16.5. The zero-order valence-corrected chi connectivity index (χ0v) is 15.1. The normalized spacial score (nSPS) is 14.5. The number of aryl methyl sites for hydroxylation is 1.